The van der Waals surface area contributed by atoms with Gasteiger partial charge in [-0.1, -0.05) is 13.8 Å². The largest absolute Gasteiger partial charge is 0.340 e. The van der Waals surface area contributed by atoms with Crippen molar-refractivity contribution in [2.24, 2.45) is 11.8 Å². The van der Waals surface area contributed by atoms with Crippen LogP contribution < -0.4 is 0 Å². The number of carbonyl (C=O) groups excluding carboxylic acids is 2. The second kappa shape index (κ2) is 7.58. The minimum atomic E-state index is 0.125. The fourth-order valence-corrected chi connectivity index (χ4v) is 3.55. The zero-order valence-electron chi connectivity index (χ0n) is 15.6. The van der Waals surface area contributed by atoms with Crippen LogP contribution in [0, 0.1) is 18.8 Å². The van der Waals surface area contributed by atoms with E-state index in [4.69, 9.17) is 0 Å². The van der Waals surface area contributed by atoms with E-state index in [0.29, 0.717) is 44.3 Å². The number of aromatic nitrogens is 2. The minimum Gasteiger partial charge on any atom is -0.340 e. The van der Waals surface area contributed by atoms with Crippen LogP contribution in [0.4, 0.5) is 0 Å². The van der Waals surface area contributed by atoms with Gasteiger partial charge in [-0.15, -0.1) is 0 Å². The van der Waals surface area contributed by atoms with Crippen LogP contribution in [0.5, 0.6) is 0 Å². The average molecular weight is 346 g/mol. The molecule has 0 bridgehead atoms. The summed E-state index contributed by atoms with van der Waals surface area (Å²) in [5.41, 5.74) is 1.10. The Kier molecular flexibility index (Phi) is 5.45. The molecule has 25 heavy (non-hydrogen) atoms. The Morgan fingerprint density at radius 1 is 1.36 bits per heavy atom. The van der Waals surface area contributed by atoms with Crippen molar-refractivity contribution >= 4 is 11.8 Å². The van der Waals surface area contributed by atoms with Gasteiger partial charge in [-0.2, -0.15) is 5.10 Å². The summed E-state index contributed by atoms with van der Waals surface area (Å²) in [6.07, 6.45) is 7.11. The molecule has 1 atom stereocenters. The van der Waals surface area contributed by atoms with Crippen LogP contribution in [0.25, 0.3) is 0 Å². The molecule has 1 aromatic rings. The highest BCUT2D eigenvalue weighted by atomic mass is 16.2. The smallest absolute Gasteiger partial charge is 0.224 e. The van der Waals surface area contributed by atoms with Crippen LogP contribution in [0.3, 0.4) is 0 Å². The molecule has 3 rings (SSSR count). The molecule has 0 unspecified atom stereocenters. The van der Waals surface area contributed by atoms with E-state index >= 15 is 0 Å². The summed E-state index contributed by atoms with van der Waals surface area (Å²) in [6.45, 7) is 8.96. The maximum atomic E-state index is 12.7. The Balaban J connectivity index is 1.62. The first-order chi connectivity index (χ1) is 11.9. The van der Waals surface area contributed by atoms with E-state index in [1.807, 2.05) is 22.7 Å². The molecule has 1 saturated carbocycles. The Morgan fingerprint density at radius 2 is 2.12 bits per heavy atom. The zero-order chi connectivity index (χ0) is 18.0. The van der Waals surface area contributed by atoms with Crippen LogP contribution in [-0.4, -0.2) is 57.1 Å². The Hall–Kier alpha value is -1.85. The van der Waals surface area contributed by atoms with Gasteiger partial charge >= 0.3 is 0 Å². The molecule has 138 valence electrons. The third kappa shape index (κ3) is 4.61. The molecule has 1 aliphatic heterocycles. The third-order valence-corrected chi connectivity index (χ3v) is 5.31. The standard InChI is InChI=1S/C19H30N4O2/c1-14(2)17-13-21(8-6-19(25)23(17)12-16-4-5-16)18(24)7-9-22-11-15(3)10-20-22/h10-11,14,16-17H,4-9,12-13H2,1-3H3/t17-/m1/s1. The van der Waals surface area contributed by atoms with Crippen LogP contribution in [-0.2, 0) is 16.1 Å². The van der Waals surface area contributed by atoms with E-state index in [-0.39, 0.29) is 17.9 Å². The molecule has 6 heteroatoms. The first kappa shape index (κ1) is 18.0. The Labute approximate surface area is 150 Å². The number of amides is 2. The quantitative estimate of drug-likeness (QED) is 0.792. The average Bonchev–Trinajstić information content (AvgIpc) is 3.32. The zero-order valence-corrected chi connectivity index (χ0v) is 15.6. The number of rotatable bonds is 6. The summed E-state index contributed by atoms with van der Waals surface area (Å²) < 4.78 is 1.82. The topological polar surface area (TPSA) is 58.4 Å². The molecule has 2 fully saturated rings. The van der Waals surface area contributed by atoms with Crippen LogP contribution in [0.2, 0.25) is 0 Å². The number of nitrogens with zero attached hydrogens (tertiary/aromatic N) is 4. The minimum absolute atomic E-state index is 0.125. The fourth-order valence-electron chi connectivity index (χ4n) is 3.55. The molecular weight excluding hydrogens is 316 g/mol. The monoisotopic (exact) mass is 346 g/mol. The van der Waals surface area contributed by atoms with Gasteiger partial charge in [0.05, 0.1) is 12.2 Å². The van der Waals surface area contributed by atoms with Crippen LogP contribution in [0.1, 0.15) is 45.1 Å². The normalized spacial score (nSPS) is 21.8. The number of hydrogen-bond acceptors (Lipinski definition) is 3. The SMILES string of the molecule is Cc1cnn(CCC(=O)N2CCC(=O)N(CC3CC3)[C@@H](C(C)C)C2)c1. The summed E-state index contributed by atoms with van der Waals surface area (Å²) in [4.78, 5) is 29.3. The van der Waals surface area contributed by atoms with Crippen molar-refractivity contribution in [2.45, 2.75) is 59.0 Å². The molecule has 0 N–H and O–H groups in total. The van der Waals surface area contributed by atoms with E-state index in [1.54, 1.807) is 6.20 Å². The second-order valence-corrected chi connectivity index (χ2v) is 7.92. The van der Waals surface area contributed by atoms with Gasteiger partial charge < -0.3 is 9.80 Å². The summed E-state index contributed by atoms with van der Waals surface area (Å²) in [5.74, 6) is 1.36. The molecule has 1 aliphatic carbocycles. The van der Waals surface area contributed by atoms with E-state index < -0.39 is 0 Å². The van der Waals surface area contributed by atoms with Crippen molar-refractivity contribution in [3.8, 4) is 0 Å². The molecule has 1 saturated heterocycles. The molecule has 1 aromatic heterocycles. The lowest BCUT2D eigenvalue weighted by Crippen LogP contribution is -2.48. The van der Waals surface area contributed by atoms with E-state index in [1.165, 1.54) is 12.8 Å². The maximum Gasteiger partial charge on any atom is 0.224 e. The molecule has 2 amide bonds. The molecule has 2 aliphatic rings. The lowest BCUT2D eigenvalue weighted by atomic mass is 10.0. The van der Waals surface area contributed by atoms with Crippen molar-refractivity contribution in [3.05, 3.63) is 18.0 Å². The highest BCUT2D eigenvalue weighted by Crippen LogP contribution is 2.32. The predicted octanol–water partition coefficient (Wildman–Crippen LogP) is 2.08. The number of carbonyl (C=O) groups is 2. The van der Waals surface area contributed by atoms with Gasteiger partial charge in [0.2, 0.25) is 11.8 Å². The summed E-state index contributed by atoms with van der Waals surface area (Å²) in [7, 11) is 0. The Bertz CT molecular complexity index is 621. The maximum absolute atomic E-state index is 12.7. The number of hydrogen-bond donors (Lipinski definition) is 0. The molecule has 0 spiro atoms. The lowest BCUT2D eigenvalue weighted by Gasteiger charge is -2.34. The van der Waals surface area contributed by atoms with E-state index in [0.717, 1.165) is 12.1 Å². The van der Waals surface area contributed by atoms with Gasteiger partial charge in [-0.25, -0.2) is 0 Å². The third-order valence-electron chi connectivity index (χ3n) is 5.31. The molecule has 6 nitrogen and oxygen atoms in total. The van der Waals surface area contributed by atoms with Gasteiger partial charge in [-0.05, 0) is 37.2 Å². The lowest BCUT2D eigenvalue weighted by molar-refractivity contribution is -0.134. The van der Waals surface area contributed by atoms with Crippen LogP contribution >= 0.6 is 0 Å². The van der Waals surface area contributed by atoms with Crippen LogP contribution in [0.15, 0.2) is 12.4 Å². The van der Waals surface area contributed by atoms with Crippen molar-refractivity contribution in [1.82, 2.24) is 19.6 Å². The fraction of sp³-hybridized carbons (Fsp3) is 0.737. The first-order valence-corrected chi connectivity index (χ1v) is 9.50. The van der Waals surface area contributed by atoms with Crippen molar-refractivity contribution in [1.29, 1.82) is 0 Å². The molecular formula is C19H30N4O2. The molecule has 0 aromatic carbocycles. The van der Waals surface area contributed by atoms with Crippen molar-refractivity contribution < 1.29 is 9.59 Å². The second-order valence-electron chi connectivity index (χ2n) is 7.92. The summed E-state index contributed by atoms with van der Waals surface area (Å²) in [5, 5.41) is 4.24. The number of aryl methyl sites for hydroxylation is 2. The van der Waals surface area contributed by atoms with Crippen molar-refractivity contribution in [2.75, 3.05) is 19.6 Å². The van der Waals surface area contributed by atoms with E-state index in [9.17, 15) is 9.59 Å². The van der Waals surface area contributed by atoms with Gasteiger partial charge in [0.25, 0.3) is 0 Å². The highest BCUT2D eigenvalue weighted by Gasteiger charge is 2.36. The molecule has 0 radical (unpaired) electrons. The highest BCUT2D eigenvalue weighted by molar-refractivity contribution is 5.80. The van der Waals surface area contributed by atoms with Crippen molar-refractivity contribution in [3.63, 3.8) is 0 Å². The van der Waals surface area contributed by atoms with Gasteiger partial charge in [0.15, 0.2) is 0 Å². The first-order valence-electron chi connectivity index (χ1n) is 9.50. The van der Waals surface area contributed by atoms with Gasteiger partial charge in [0.1, 0.15) is 0 Å². The van der Waals surface area contributed by atoms with E-state index in [2.05, 4.69) is 23.8 Å². The van der Waals surface area contributed by atoms with Gasteiger partial charge in [-0.3, -0.25) is 14.3 Å². The summed E-state index contributed by atoms with van der Waals surface area (Å²) in [6, 6.07) is 0.131. The van der Waals surface area contributed by atoms with Gasteiger partial charge in [0, 0.05) is 45.2 Å². The molecule has 2 heterocycles. The summed E-state index contributed by atoms with van der Waals surface area (Å²) >= 11 is 0. The predicted molar refractivity (Wildman–Crippen MR) is 95.8 cm³/mol. The Morgan fingerprint density at radius 3 is 2.72 bits per heavy atom.